The summed E-state index contributed by atoms with van der Waals surface area (Å²) in [7, 11) is 0. The van der Waals surface area contributed by atoms with Crippen molar-refractivity contribution in [2.45, 2.75) is 25.6 Å². The zero-order valence-corrected chi connectivity index (χ0v) is 20.1. The topological polar surface area (TPSA) is 116 Å². The molecule has 192 valence electrons. The predicted molar refractivity (Wildman–Crippen MR) is 131 cm³/mol. The van der Waals surface area contributed by atoms with Crippen molar-refractivity contribution in [3.05, 3.63) is 57.9 Å². The maximum absolute atomic E-state index is 13.0. The van der Waals surface area contributed by atoms with E-state index in [1.54, 1.807) is 0 Å². The largest absolute Gasteiger partial charge is 0.429 e. The lowest BCUT2D eigenvalue weighted by Crippen LogP contribution is -2.41. The number of nitrogen functional groups attached to an aromatic ring is 1. The van der Waals surface area contributed by atoms with E-state index >= 15 is 0 Å². The summed E-state index contributed by atoms with van der Waals surface area (Å²) in [5, 5.41) is 5.12. The van der Waals surface area contributed by atoms with Gasteiger partial charge in [-0.05, 0) is 73.9 Å². The molecule has 5 N–H and O–H groups in total. The average Bonchev–Trinajstić information content (AvgIpc) is 3.20. The Labute approximate surface area is 210 Å². The Morgan fingerprint density at radius 1 is 1.17 bits per heavy atom. The zero-order valence-electron chi connectivity index (χ0n) is 19.3. The van der Waals surface area contributed by atoms with E-state index in [2.05, 4.69) is 20.5 Å². The summed E-state index contributed by atoms with van der Waals surface area (Å²) in [5.41, 5.74) is 6.21. The van der Waals surface area contributed by atoms with E-state index in [9.17, 15) is 22.8 Å². The Hall–Kier alpha value is -3.38. The van der Waals surface area contributed by atoms with Crippen LogP contribution in [0.5, 0.6) is 0 Å². The number of H-pyrrole nitrogens is 1. The highest BCUT2D eigenvalue weighted by atomic mass is 32.1. The molecule has 0 aliphatic carbocycles. The fraction of sp³-hybridized carbons (Fsp3) is 0.375. The predicted octanol–water partition coefficient (Wildman–Crippen LogP) is 3.85. The molecule has 8 nitrogen and oxygen atoms in total. The van der Waals surface area contributed by atoms with Crippen LogP contribution in [-0.4, -0.2) is 47.9 Å². The van der Waals surface area contributed by atoms with Crippen LogP contribution in [0.1, 0.15) is 34.3 Å². The summed E-state index contributed by atoms with van der Waals surface area (Å²) in [4.78, 5) is 30.2. The highest BCUT2D eigenvalue weighted by Crippen LogP contribution is 2.34. The first-order valence-corrected chi connectivity index (χ1v) is 11.9. The first-order chi connectivity index (χ1) is 17.1. The molecule has 0 spiro atoms. The Balaban J connectivity index is 1.19. The second-order valence-electron chi connectivity index (χ2n) is 8.82. The standard InChI is InChI=1S/C24H26F3N5O3S/c25-24(26,27)17-3-1-2-16(21(17)28)22(34)30-12-20(33)29-11-14-6-8-32(9-7-14)13-15-4-5-19-18(10-15)31-23(36)35-19/h1-5,10,14H,6-9,11-13,28H2,(H,29,33)(H,30,34)(H,31,36). The van der Waals surface area contributed by atoms with Gasteiger partial charge in [-0.15, -0.1) is 0 Å². The molecule has 1 saturated heterocycles. The Bertz CT molecular complexity index is 1310. The van der Waals surface area contributed by atoms with E-state index in [1.165, 1.54) is 6.07 Å². The molecule has 1 fully saturated rings. The van der Waals surface area contributed by atoms with Crippen molar-refractivity contribution in [2.24, 2.45) is 5.92 Å². The van der Waals surface area contributed by atoms with E-state index in [-0.39, 0.29) is 12.1 Å². The van der Waals surface area contributed by atoms with Crippen molar-refractivity contribution < 1.29 is 27.2 Å². The summed E-state index contributed by atoms with van der Waals surface area (Å²) >= 11 is 5.02. The Kier molecular flexibility index (Phi) is 7.65. The molecule has 2 amide bonds. The van der Waals surface area contributed by atoms with Gasteiger partial charge < -0.3 is 25.8 Å². The minimum absolute atomic E-state index is 0.299. The molecule has 1 aromatic heterocycles. The van der Waals surface area contributed by atoms with Gasteiger partial charge in [-0.25, -0.2) is 0 Å². The van der Waals surface area contributed by atoms with Crippen LogP contribution in [0, 0.1) is 10.8 Å². The summed E-state index contributed by atoms with van der Waals surface area (Å²) < 4.78 is 44.4. The first kappa shape index (κ1) is 25.7. The average molecular weight is 522 g/mol. The number of alkyl halides is 3. The molecule has 2 heterocycles. The van der Waals surface area contributed by atoms with Gasteiger partial charge in [0.05, 0.1) is 28.9 Å². The van der Waals surface area contributed by atoms with E-state index in [4.69, 9.17) is 22.4 Å². The number of amides is 2. The number of nitrogens with one attached hydrogen (secondary N) is 3. The summed E-state index contributed by atoms with van der Waals surface area (Å²) in [5.74, 6) is -0.952. The fourth-order valence-corrected chi connectivity index (χ4v) is 4.49. The van der Waals surface area contributed by atoms with E-state index < -0.39 is 29.2 Å². The van der Waals surface area contributed by atoms with Crippen molar-refractivity contribution >= 4 is 40.8 Å². The number of carbonyl (C=O) groups excluding carboxylic acids is 2. The Morgan fingerprint density at radius 2 is 1.92 bits per heavy atom. The van der Waals surface area contributed by atoms with Crippen LogP contribution < -0.4 is 16.4 Å². The second-order valence-corrected chi connectivity index (χ2v) is 9.19. The molecule has 36 heavy (non-hydrogen) atoms. The number of nitrogens with zero attached hydrogens (tertiary/aromatic N) is 1. The number of benzene rings is 2. The number of likely N-dealkylation sites (tertiary alicyclic amines) is 1. The highest BCUT2D eigenvalue weighted by Gasteiger charge is 2.34. The summed E-state index contributed by atoms with van der Waals surface area (Å²) in [6.07, 6.45) is -2.86. The molecule has 0 bridgehead atoms. The number of nitrogens with two attached hydrogens (primary N) is 1. The number of hydrogen-bond donors (Lipinski definition) is 4. The number of halogens is 3. The number of carbonyl (C=O) groups is 2. The van der Waals surface area contributed by atoms with Crippen molar-refractivity contribution in [3.8, 4) is 0 Å². The van der Waals surface area contributed by atoms with Crippen molar-refractivity contribution in [1.29, 1.82) is 0 Å². The molecule has 0 radical (unpaired) electrons. The van der Waals surface area contributed by atoms with Gasteiger partial charge in [-0.3, -0.25) is 14.5 Å². The van der Waals surface area contributed by atoms with Gasteiger partial charge in [0.1, 0.15) is 0 Å². The number of para-hydroxylation sites is 1. The molecular weight excluding hydrogens is 495 g/mol. The monoisotopic (exact) mass is 521 g/mol. The van der Waals surface area contributed by atoms with Crippen molar-refractivity contribution in [2.75, 3.05) is 31.9 Å². The SMILES string of the molecule is Nc1c(C(=O)NCC(=O)NCC2CCN(Cc3ccc4oc(=S)[nH]c4c3)CC2)cccc1C(F)(F)F. The Morgan fingerprint density at radius 3 is 2.64 bits per heavy atom. The molecule has 0 saturated carbocycles. The maximum atomic E-state index is 13.0. The molecular formula is C24H26F3N5O3S. The number of piperidine rings is 1. The maximum Gasteiger partial charge on any atom is 0.418 e. The third-order valence-corrected chi connectivity index (χ3v) is 6.44. The third-order valence-electron chi connectivity index (χ3n) is 6.25. The minimum Gasteiger partial charge on any atom is -0.429 e. The van der Waals surface area contributed by atoms with Crippen LogP contribution in [0.2, 0.25) is 0 Å². The summed E-state index contributed by atoms with van der Waals surface area (Å²) in [6.45, 7) is 2.67. The smallest absolute Gasteiger partial charge is 0.418 e. The van der Waals surface area contributed by atoms with Crippen molar-refractivity contribution in [1.82, 2.24) is 20.5 Å². The number of aromatic amines is 1. The highest BCUT2D eigenvalue weighted by molar-refractivity contribution is 7.71. The molecule has 4 rings (SSSR count). The van der Waals surface area contributed by atoms with Crippen molar-refractivity contribution in [3.63, 3.8) is 0 Å². The summed E-state index contributed by atoms with van der Waals surface area (Å²) in [6, 6.07) is 9.04. The van der Waals surface area contributed by atoms with Gasteiger partial charge in [0.2, 0.25) is 5.91 Å². The molecule has 12 heteroatoms. The minimum atomic E-state index is -4.67. The number of anilines is 1. The van der Waals surface area contributed by atoms with Gasteiger partial charge in [-0.1, -0.05) is 12.1 Å². The van der Waals surface area contributed by atoms with Crippen LogP contribution in [-0.2, 0) is 17.5 Å². The zero-order chi connectivity index (χ0) is 25.9. The number of oxazole rings is 1. The lowest BCUT2D eigenvalue weighted by Gasteiger charge is -2.32. The number of aromatic nitrogens is 1. The lowest BCUT2D eigenvalue weighted by atomic mass is 9.96. The molecule has 1 aliphatic heterocycles. The number of fused-ring (bicyclic) bond motifs is 1. The molecule has 3 aromatic rings. The van der Waals surface area contributed by atoms with Crippen LogP contribution >= 0.6 is 12.2 Å². The molecule has 0 atom stereocenters. The van der Waals surface area contributed by atoms with Gasteiger partial charge in [0.15, 0.2) is 5.58 Å². The quantitative estimate of drug-likeness (QED) is 0.277. The van der Waals surface area contributed by atoms with E-state index in [0.717, 1.165) is 61.3 Å². The van der Waals surface area contributed by atoms with E-state index in [1.807, 2.05) is 18.2 Å². The van der Waals surface area contributed by atoms with Crippen LogP contribution in [0.15, 0.2) is 40.8 Å². The van der Waals surface area contributed by atoms with Crippen LogP contribution in [0.3, 0.4) is 0 Å². The fourth-order valence-electron chi connectivity index (χ4n) is 4.29. The van der Waals surface area contributed by atoms with Crippen LogP contribution in [0.4, 0.5) is 18.9 Å². The van der Waals surface area contributed by atoms with Gasteiger partial charge in [0, 0.05) is 13.1 Å². The molecule has 0 unspecified atom stereocenters. The first-order valence-electron chi connectivity index (χ1n) is 11.4. The molecule has 2 aromatic carbocycles. The normalized spacial score (nSPS) is 15.2. The number of rotatable bonds is 7. The van der Waals surface area contributed by atoms with E-state index in [0.29, 0.717) is 17.3 Å². The molecule has 1 aliphatic rings. The van der Waals surface area contributed by atoms with Crippen LogP contribution in [0.25, 0.3) is 11.1 Å². The van der Waals surface area contributed by atoms with Gasteiger partial charge in [-0.2, -0.15) is 13.2 Å². The third kappa shape index (κ3) is 6.24. The van der Waals surface area contributed by atoms with Gasteiger partial charge >= 0.3 is 6.18 Å². The second kappa shape index (κ2) is 10.7. The lowest BCUT2D eigenvalue weighted by molar-refractivity contribution is -0.137. The number of hydrogen-bond acceptors (Lipinski definition) is 6. The van der Waals surface area contributed by atoms with Gasteiger partial charge in [0.25, 0.3) is 10.7 Å².